The van der Waals surface area contributed by atoms with Gasteiger partial charge in [-0.1, -0.05) is 60.1 Å². The second kappa shape index (κ2) is 10.5. The molecule has 2 heterocycles. The number of carbonyl (C=O) groups is 1. The number of aromatic nitrogens is 1. The summed E-state index contributed by atoms with van der Waals surface area (Å²) >= 11 is 12.0. The lowest BCUT2D eigenvalue weighted by atomic mass is 9.94. The number of nitrogens with two attached hydrogens (primary N) is 1. The first-order valence-electron chi connectivity index (χ1n) is 12.1. The molecule has 0 bridgehead atoms. The standard InChI is InChI=1S/C26H27ClN6O3S2/c1-32-13-12-22(25(32)34)31-38(35,36)18-14-21(27)24(29-15-18)30-33(26(28)37)23-19-8-4-2-6-16(19)10-11-17-7-3-5-9-20(17)23/h2-9,14-15,22-23,31H,10-13H2,1H3,(H2,28,37)(H,29,30)/t22-/m1/s1. The Kier molecular flexibility index (Phi) is 7.28. The number of amides is 1. The van der Waals surface area contributed by atoms with Crippen LogP contribution in [0.4, 0.5) is 5.82 Å². The molecule has 1 amide bonds. The molecule has 9 nitrogen and oxygen atoms in total. The highest BCUT2D eigenvalue weighted by molar-refractivity contribution is 7.89. The number of likely N-dealkylation sites (N-methyl/N-ethyl adjacent to an activating group) is 1. The van der Waals surface area contributed by atoms with Gasteiger partial charge in [0.1, 0.15) is 17.0 Å². The zero-order valence-electron chi connectivity index (χ0n) is 20.6. The van der Waals surface area contributed by atoms with Crippen LogP contribution in [0.5, 0.6) is 0 Å². The Bertz CT molecular complexity index is 1470. The smallest absolute Gasteiger partial charge is 0.242 e. The molecule has 4 N–H and O–H groups in total. The molecule has 2 aliphatic rings. The van der Waals surface area contributed by atoms with Crippen molar-refractivity contribution in [3.63, 3.8) is 0 Å². The van der Waals surface area contributed by atoms with Crippen molar-refractivity contribution >= 4 is 50.7 Å². The van der Waals surface area contributed by atoms with E-state index in [0.29, 0.717) is 13.0 Å². The fourth-order valence-corrected chi connectivity index (χ4v) is 6.59. The molecule has 12 heteroatoms. The molecule has 1 aliphatic heterocycles. The molecule has 1 aromatic heterocycles. The number of likely N-dealkylation sites (tertiary alicyclic amines) is 1. The third-order valence-electron chi connectivity index (χ3n) is 6.94. The zero-order valence-corrected chi connectivity index (χ0v) is 23.0. The molecular formula is C26H27ClN6O3S2. The Morgan fingerprint density at radius 2 is 1.74 bits per heavy atom. The predicted molar refractivity (Wildman–Crippen MR) is 150 cm³/mol. The number of hydrogen-bond donors (Lipinski definition) is 3. The van der Waals surface area contributed by atoms with Crippen molar-refractivity contribution in [2.24, 2.45) is 5.73 Å². The third kappa shape index (κ3) is 5.06. The molecule has 3 aromatic rings. The van der Waals surface area contributed by atoms with Crippen molar-refractivity contribution in [2.45, 2.75) is 36.2 Å². The van der Waals surface area contributed by atoms with Crippen LogP contribution in [-0.2, 0) is 27.7 Å². The summed E-state index contributed by atoms with van der Waals surface area (Å²) in [5.74, 6) is -0.0868. The van der Waals surface area contributed by atoms with Gasteiger partial charge in [-0.15, -0.1) is 0 Å². The molecule has 2 aromatic carbocycles. The number of hydrazine groups is 1. The highest BCUT2D eigenvalue weighted by Crippen LogP contribution is 2.37. The molecular weight excluding hydrogens is 544 g/mol. The molecule has 0 saturated carbocycles. The van der Waals surface area contributed by atoms with E-state index in [4.69, 9.17) is 29.6 Å². The summed E-state index contributed by atoms with van der Waals surface area (Å²) in [7, 11) is -2.39. The second-order valence-electron chi connectivity index (χ2n) is 9.34. The van der Waals surface area contributed by atoms with Gasteiger partial charge in [-0.05, 0) is 59.8 Å². The number of rotatable bonds is 6. The number of hydrogen-bond acceptors (Lipinski definition) is 6. The van der Waals surface area contributed by atoms with E-state index in [1.54, 1.807) is 12.1 Å². The zero-order chi connectivity index (χ0) is 27.0. The largest absolute Gasteiger partial charge is 0.375 e. The van der Waals surface area contributed by atoms with Crippen LogP contribution >= 0.6 is 23.8 Å². The summed E-state index contributed by atoms with van der Waals surface area (Å²) in [5.41, 5.74) is 13.8. The minimum atomic E-state index is -4.03. The summed E-state index contributed by atoms with van der Waals surface area (Å²) in [6.45, 7) is 0.482. The summed E-state index contributed by atoms with van der Waals surface area (Å²) in [5, 5.41) is 1.76. The van der Waals surface area contributed by atoms with Crippen LogP contribution in [0.2, 0.25) is 5.02 Å². The Morgan fingerprint density at radius 1 is 1.13 bits per heavy atom. The van der Waals surface area contributed by atoms with Gasteiger partial charge in [0.2, 0.25) is 15.9 Å². The quantitative estimate of drug-likeness (QED) is 0.305. The summed E-state index contributed by atoms with van der Waals surface area (Å²) < 4.78 is 28.3. The second-order valence-corrected chi connectivity index (χ2v) is 11.9. The predicted octanol–water partition coefficient (Wildman–Crippen LogP) is 3.00. The van der Waals surface area contributed by atoms with Gasteiger partial charge in [0.05, 0.1) is 5.02 Å². The van der Waals surface area contributed by atoms with Crippen LogP contribution < -0.4 is 15.9 Å². The minimum Gasteiger partial charge on any atom is -0.375 e. The van der Waals surface area contributed by atoms with Gasteiger partial charge < -0.3 is 10.6 Å². The third-order valence-corrected chi connectivity index (χ3v) is 8.86. The summed E-state index contributed by atoms with van der Waals surface area (Å²) in [6, 6.07) is 16.4. The monoisotopic (exact) mass is 570 g/mol. The van der Waals surface area contributed by atoms with Crippen LogP contribution in [0.3, 0.4) is 0 Å². The number of fused-ring (bicyclic) bond motifs is 2. The molecule has 198 valence electrons. The number of nitrogens with one attached hydrogen (secondary N) is 2. The van der Waals surface area contributed by atoms with E-state index in [-0.39, 0.29) is 32.8 Å². The van der Waals surface area contributed by atoms with Crippen molar-refractivity contribution in [2.75, 3.05) is 19.0 Å². The minimum absolute atomic E-state index is 0.0548. The number of pyridine rings is 1. The van der Waals surface area contributed by atoms with Crippen molar-refractivity contribution in [1.82, 2.24) is 19.6 Å². The normalized spacial score (nSPS) is 17.5. The van der Waals surface area contributed by atoms with Gasteiger partial charge in [-0.2, -0.15) is 4.72 Å². The number of thiocarbonyl (C=S) groups is 1. The molecule has 5 rings (SSSR count). The van der Waals surface area contributed by atoms with E-state index in [1.165, 1.54) is 28.3 Å². The SMILES string of the molecule is CN1CC[C@@H](NS(=O)(=O)c2cnc(NN(C(N)=S)C3c4ccccc4CCc4ccccc43)c(Cl)c2)C1=O. The van der Waals surface area contributed by atoms with E-state index in [2.05, 4.69) is 27.3 Å². The first kappa shape index (κ1) is 26.4. The lowest BCUT2D eigenvalue weighted by Crippen LogP contribution is -2.44. The fraction of sp³-hybridized carbons (Fsp3) is 0.269. The topological polar surface area (TPSA) is 121 Å². The Morgan fingerprint density at radius 3 is 2.26 bits per heavy atom. The van der Waals surface area contributed by atoms with E-state index in [0.717, 1.165) is 24.0 Å². The molecule has 1 aliphatic carbocycles. The first-order chi connectivity index (χ1) is 18.2. The van der Waals surface area contributed by atoms with Gasteiger partial charge in [0.25, 0.3) is 0 Å². The van der Waals surface area contributed by atoms with Crippen molar-refractivity contribution in [3.8, 4) is 0 Å². The Balaban J connectivity index is 1.47. The number of benzene rings is 2. The van der Waals surface area contributed by atoms with Crippen molar-refractivity contribution in [3.05, 3.63) is 88.1 Å². The van der Waals surface area contributed by atoms with Crippen LogP contribution in [0, 0.1) is 0 Å². The average molecular weight is 571 g/mol. The lowest BCUT2D eigenvalue weighted by Gasteiger charge is -2.34. The molecule has 0 spiro atoms. The van der Waals surface area contributed by atoms with Gasteiger partial charge in [-0.3, -0.25) is 10.2 Å². The average Bonchev–Trinajstić information content (AvgIpc) is 3.10. The van der Waals surface area contributed by atoms with Crippen LogP contribution in [0.15, 0.2) is 65.7 Å². The maximum atomic E-state index is 12.9. The first-order valence-corrected chi connectivity index (χ1v) is 14.4. The van der Waals surface area contributed by atoms with Gasteiger partial charge in [-0.25, -0.2) is 18.4 Å². The molecule has 0 radical (unpaired) electrons. The number of aryl methyl sites for hydroxylation is 2. The van der Waals surface area contributed by atoms with Crippen molar-refractivity contribution in [1.29, 1.82) is 0 Å². The fourth-order valence-electron chi connectivity index (χ4n) is 4.97. The number of sulfonamides is 1. The number of halogens is 1. The van der Waals surface area contributed by atoms with E-state index >= 15 is 0 Å². The number of carbonyl (C=O) groups excluding carboxylic acids is 1. The van der Waals surface area contributed by atoms with E-state index < -0.39 is 16.1 Å². The Labute approximate surface area is 232 Å². The number of anilines is 1. The van der Waals surface area contributed by atoms with Crippen molar-refractivity contribution < 1.29 is 13.2 Å². The van der Waals surface area contributed by atoms with E-state index in [1.807, 2.05) is 36.4 Å². The van der Waals surface area contributed by atoms with Gasteiger partial charge in [0.15, 0.2) is 10.9 Å². The molecule has 0 unspecified atom stereocenters. The lowest BCUT2D eigenvalue weighted by molar-refractivity contribution is -0.127. The van der Waals surface area contributed by atoms with Gasteiger partial charge in [0, 0.05) is 19.8 Å². The Hall–Kier alpha value is -3.25. The van der Waals surface area contributed by atoms with E-state index in [9.17, 15) is 13.2 Å². The highest BCUT2D eigenvalue weighted by atomic mass is 35.5. The van der Waals surface area contributed by atoms with Crippen LogP contribution in [0.25, 0.3) is 0 Å². The molecule has 1 atom stereocenters. The molecule has 38 heavy (non-hydrogen) atoms. The maximum absolute atomic E-state index is 12.9. The van der Waals surface area contributed by atoms with Crippen LogP contribution in [0.1, 0.15) is 34.7 Å². The summed E-state index contributed by atoms with van der Waals surface area (Å²) in [6.07, 6.45) is 3.31. The molecule has 1 saturated heterocycles. The maximum Gasteiger partial charge on any atom is 0.242 e. The van der Waals surface area contributed by atoms with Gasteiger partial charge >= 0.3 is 0 Å². The molecule has 1 fully saturated rings. The highest BCUT2D eigenvalue weighted by Gasteiger charge is 2.34. The van der Waals surface area contributed by atoms with Crippen LogP contribution in [-0.4, -0.2) is 54.0 Å². The summed E-state index contributed by atoms with van der Waals surface area (Å²) in [4.78, 5) is 17.8. The number of nitrogens with zero attached hydrogens (tertiary/aromatic N) is 3.